The van der Waals surface area contributed by atoms with Crippen molar-refractivity contribution >= 4 is 46.0 Å². The Kier molecular flexibility index (Phi) is 6.68. The van der Waals surface area contributed by atoms with Gasteiger partial charge in [-0.3, -0.25) is 9.69 Å². The van der Waals surface area contributed by atoms with Gasteiger partial charge in [0.05, 0.1) is 12.6 Å². The molecule has 1 amide bonds. The van der Waals surface area contributed by atoms with Gasteiger partial charge in [0, 0.05) is 39.8 Å². The maximum atomic E-state index is 12.1. The minimum Gasteiger partial charge on any atom is -0.354 e. The number of aliphatic imine (C=N–C) groups is 1. The highest BCUT2D eigenvalue weighted by molar-refractivity contribution is 8.17. The highest BCUT2D eigenvalue weighted by Gasteiger charge is 2.53. The summed E-state index contributed by atoms with van der Waals surface area (Å²) < 4.78 is 0. The van der Waals surface area contributed by atoms with Gasteiger partial charge < -0.3 is 10.2 Å². The normalized spacial score (nSPS) is 25.7. The number of hydrogen-bond donors (Lipinski definition) is 1. The number of fused-ring (bicyclic) bond motifs is 1. The molecule has 2 aromatic carbocycles. The van der Waals surface area contributed by atoms with Crippen LogP contribution in [0.5, 0.6) is 0 Å². The molecule has 2 aromatic rings. The first kappa shape index (κ1) is 24.7. The summed E-state index contributed by atoms with van der Waals surface area (Å²) in [5.74, 6) is 0.374. The third-order valence-corrected chi connectivity index (χ3v) is 8.94. The third-order valence-electron chi connectivity index (χ3n) is 7.19. The fourth-order valence-corrected chi connectivity index (χ4v) is 7.15. The van der Waals surface area contributed by atoms with Crippen molar-refractivity contribution in [1.82, 2.24) is 15.1 Å². The van der Waals surface area contributed by atoms with E-state index in [1.165, 1.54) is 10.6 Å². The van der Waals surface area contributed by atoms with E-state index in [1.54, 1.807) is 11.8 Å². The lowest BCUT2D eigenvalue weighted by molar-refractivity contribution is -0.124. The number of halogens is 2. The Morgan fingerprint density at radius 3 is 2.29 bits per heavy atom. The lowest BCUT2D eigenvalue weighted by Gasteiger charge is -2.38. The van der Waals surface area contributed by atoms with Crippen LogP contribution in [0.1, 0.15) is 44.9 Å². The zero-order chi connectivity index (χ0) is 24.9. The number of allylic oxidation sites excluding steroid dienone is 1. The van der Waals surface area contributed by atoms with E-state index in [1.807, 2.05) is 24.3 Å². The van der Waals surface area contributed by atoms with Crippen molar-refractivity contribution < 1.29 is 4.79 Å². The van der Waals surface area contributed by atoms with Gasteiger partial charge in [0.15, 0.2) is 5.17 Å². The van der Waals surface area contributed by atoms with E-state index in [4.69, 9.17) is 28.2 Å². The van der Waals surface area contributed by atoms with Crippen LogP contribution in [0.3, 0.4) is 0 Å². The quantitative estimate of drug-likeness (QED) is 0.512. The molecule has 5 rings (SSSR count). The molecule has 35 heavy (non-hydrogen) atoms. The van der Waals surface area contributed by atoms with Gasteiger partial charge in [0.25, 0.3) is 0 Å². The van der Waals surface area contributed by atoms with E-state index in [2.05, 4.69) is 67.1 Å². The molecule has 0 aliphatic carbocycles. The predicted molar refractivity (Wildman–Crippen MR) is 146 cm³/mol. The highest BCUT2D eigenvalue weighted by Crippen LogP contribution is 2.56. The van der Waals surface area contributed by atoms with Crippen LogP contribution >= 0.6 is 35.0 Å². The highest BCUT2D eigenvalue weighted by atomic mass is 35.5. The summed E-state index contributed by atoms with van der Waals surface area (Å²) in [4.78, 5) is 23.5. The number of nitrogens with zero attached hydrogens (tertiary/aromatic N) is 3. The van der Waals surface area contributed by atoms with Gasteiger partial charge in [-0.15, -0.1) is 0 Å². The van der Waals surface area contributed by atoms with Crippen molar-refractivity contribution in [1.29, 1.82) is 0 Å². The number of amidine groups is 1. The van der Waals surface area contributed by atoms with Crippen molar-refractivity contribution in [3.05, 3.63) is 80.3 Å². The first-order valence-electron chi connectivity index (χ1n) is 12.0. The number of carbonyl (C=O) groups excluding carboxylic acids is 1. The van der Waals surface area contributed by atoms with Crippen LogP contribution in [-0.2, 0) is 10.3 Å². The maximum Gasteiger partial charge on any atom is 0.234 e. The molecular weight excluding hydrogens is 499 g/mol. The average Bonchev–Trinajstić information content (AvgIpc) is 3.32. The molecule has 8 heteroatoms. The smallest absolute Gasteiger partial charge is 0.234 e. The summed E-state index contributed by atoms with van der Waals surface area (Å²) in [6.45, 7) is 10.9. The largest absolute Gasteiger partial charge is 0.354 e. The number of nitrogens with one attached hydrogen (secondary N) is 1. The number of amides is 1. The minimum absolute atomic E-state index is 0.0322. The van der Waals surface area contributed by atoms with Crippen molar-refractivity contribution in [2.45, 2.75) is 45.3 Å². The lowest BCUT2D eigenvalue weighted by atomic mass is 9.81. The Hall–Kier alpha value is -1.99. The van der Waals surface area contributed by atoms with Gasteiger partial charge in [-0.05, 0) is 55.2 Å². The molecule has 1 saturated heterocycles. The SMILES string of the molecule is CC(C)C1=C(C(C)N2CCNC(=O)C2)SC2=N[C@@](C)(c3ccc(Cl)cc3)[C@@H](c3ccc(Cl)cc3)N21. The second-order valence-corrected chi connectivity index (χ2v) is 11.8. The van der Waals surface area contributed by atoms with Crippen LogP contribution in [0.4, 0.5) is 0 Å². The Morgan fingerprint density at radius 1 is 1.06 bits per heavy atom. The molecule has 0 bridgehead atoms. The summed E-state index contributed by atoms with van der Waals surface area (Å²) in [5, 5.41) is 5.38. The summed E-state index contributed by atoms with van der Waals surface area (Å²) in [5.41, 5.74) is 3.07. The molecule has 1 unspecified atom stereocenters. The molecule has 0 radical (unpaired) electrons. The molecule has 0 aromatic heterocycles. The minimum atomic E-state index is -0.499. The Morgan fingerprint density at radius 2 is 1.69 bits per heavy atom. The average molecular weight is 530 g/mol. The van der Waals surface area contributed by atoms with Gasteiger partial charge in [0.2, 0.25) is 5.91 Å². The predicted octanol–water partition coefficient (Wildman–Crippen LogP) is 6.06. The summed E-state index contributed by atoms with van der Waals surface area (Å²) in [6, 6.07) is 16.3. The number of piperazine rings is 1. The Balaban J connectivity index is 1.61. The molecule has 0 spiro atoms. The summed E-state index contributed by atoms with van der Waals surface area (Å²) in [6.07, 6.45) is 0. The topological polar surface area (TPSA) is 47.9 Å². The summed E-state index contributed by atoms with van der Waals surface area (Å²) >= 11 is 14.2. The van der Waals surface area contributed by atoms with Gasteiger partial charge in [-0.25, -0.2) is 4.99 Å². The maximum absolute atomic E-state index is 12.1. The van der Waals surface area contributed by atoms with Crippen LogP contribution in [0, 0.1) is 5.92 Å². The van der Waals surface area contributed by atoms with Crippen molar-refractivity contribution in [3.63, 3.8) is 0 Å². The van der Waals surface area contributed by atoms with Crippen molar-refractivity contribution in [2.75, 3.05) is 19.6 Å². The fourth-order valence-electron chi connectivity index (χ4n) is 5.40. The van der Waals surface area contributed by atoms with E-state index >= 15 is 0 Å². The molecule has 5 nitrogen and oxygen atoms in total. The van der Waals surface area contributed by atoms with Crippen LogP contribution in [0.25, 0.3) is 0 Å². The van der Waals surface area contributed by atoms with Gasteiger partial charge in [-0.1, -0.05) is 73.1 Å². The Labute approximate surface area is 221 Å². The molecule has 1 fully saturated rings. The monoisotopic (exact) mass is 528 g/mol. The molecule has 3 heterocycles. The second-order valence-electron chi connectivity index (χ2n) is 9.88. The molecule has 184 valence electrons. The number of carbonyl (C=O) groups is 1. The van der Waals surface area contributed by atoms with E-state index < -0.39 is 5.54 Å². The number of benzene rings is 2. The van der Waals surface area contributed by atoms with Crippen LogP contribution in [-0.4, -0.2) is 46.6 Å². The van der Waals surface area contributed by atoms with E-state index in [9.17, 15) is 4.79 Å². The van der Waals surface area contributed by atoms with Crippen molar-refractivity contribution in [2.24, 2.45) is 10.9 Å². The van der Waals surface area contributed by atoms with Crippen LogP contribution < -0.4 is 5.32 Å². The molecular formula is C27H30Cl2N4OS. The zero-order valence-corrected chi connectivity index (χ0v) is 22.7. The Bertz CT molecular complexity index is 1190. The molecule has 1 N–H and O–H groups in total. The molecule has 3 aliphatic heterocycles. The van der Waals surface area contributed by atoms with E-state index in [-0.39, 0.29) is 23.9 Å². The van der Waals surface area contributed by atoms with Gasteiger partial charge in [-0.2, -0.15) is 0 Å². The second kappa shape index (κ2) is 9.47. The molecule has 3 atom stereocenters. The van der Waals surface area contributed by atoms with E-state index in [0.717, 1.165) is 22.8 Å². The standard InChI is InChI=1S/C27H30Cl2N4OS/c1-16(2)23-24(17(3)32-14-13-30-22(34)15-32)35-26-31-27(4,19-7-11-21(29)12-8-19)25(33(23)26)18-5-9-20(28)10-6-18/h5-12,16-17,25H,13-15H2,1-4H3,(H,30,34)/t17?,25-,27+/m1/s1. The van der Waals surface area contributed by atoms with E-state index in [0.29, 0.717) is 23.1 Å². The molecule has 0 saturated carbocycles. The fraction of sp³-hybridized carbons (Fsp3) is 0.407. The zero-order valence-electron chi connectivity index (χ0n) is 20.4. The summed E-state index contributed by atoms with van der Waals surface area (Å²) in [7, 11) is 0. The van der Waals surface area contributed by atoms with Gasteiger partial charge >= 0.3 is 0 Å². The first-order chi connectivity index (χ1) is 16.7. The van der Waals surface area contributed by atoms with Crippen LogP contribution in [0.15, 0.2) is 64.1 Å². The van der Waals surface area contributed by atoms with Crippen LogP contribution in [0.2, 0.25) is 10.0 Å². The third kappa shape index (κ3) is 4.39. The molecule has 3 aliphatic rings. The number of rotatable bonds is 5. The first-order valence-corrected chi connectivity index (χ1v) is 13.6. The lowest BCUT2D eigenvalue weighted by Crippen LogP contribution is -2.51. The number of thioether (sulfide) groups is 1. The number of hydrogen-bond acceptors (Lipinski definition) is 5. The van der Waals surface area contributed by atoms with Crippen molar-refractivity contribution in [3.8, 4) is 0 Å². The van der Waals surface area contributed by atoms with Gasteiger partial charge in [0.1, 0.15) is 5.54 Å².